The normalized spacial score (nSPS) is 11.5. The van der Waals surface area contributed by atoms with Gasteiger partial charge in [-0.05, 0) is 99.3 Å². The van der Waals surface area contributed by atoms with Gasteiger partial charge in [0.05, 0.1) is 5.69 Å². The number of anilines is 3. The zero-order chi connectivity index (χ0) is 37.7. The van der Waals surface area contributed by atoms with Crippen LogP contribution in [0.2, 0.25) is 0 Å². The zero-order valence-corrected chi connectivity index (χ0v) is 30.8. The topological polar surface area (TPSA) is 42.4 Å². The van der Waals surface area contributed by atoms with E-state index in [9.17, 15) is 0 Å². The Morgan fingerprint density at radius 2 is 0.947 bits per heavy atom. The molecule has 11 aromatic rings. The summed E-state index contributed by atoms with van der Waals surface area (Å²) >= 11 is 0. The van der Waals surface area contributed by atoms with Crippen molar-refractivity contribution in [3.05, 3.63) is 206 Å². The van der Waals surface area contributed by atoms with E-state index in [4.69, 9.17) is 13.8 Å². The molecule has 57 heavy (non-hydrogen) atoms. The van der Waals surface area contributed by atoms with E-state index in [1.165, 1.54) is 27.5 Å². The van der Waals surface area contributed by atoms with Crippen LogP contribution in [-0.2, 0) is 0 Å². The van der Waals surface area contributed by atoms with E-state index in [1.54, 1.807) is 0 Å². The summed E-state index contributed by atoms with van der Waals surface area (Å²) in [5.74, 6) is 0.601. The highest BCUT2D eigenvalue weighted by Gasteiger charge is 2.19. The number of para-hydroxylation sites is 1. The number of oxazole rings is 1. The number of furan rings is 1. The molecule has 0 spiro atoms. The van der Waals surface area contributed by atoms with Gasteiger partial charge in [-0.2, -0.15) is 0 Å². The number of rotatable bonds is 7. The Bertz CT molecular complexity index is 3210. The standard InChI is InChI=1S/C53H34N2O2/c1-3-12-37(13-4-1)45-19-9-10-21-49(45)55(42-29-24-38(25-30-42)44-20-11-17-36-14-7-8-18-43(36)44)41-27-22-35(23-28-41)40-26-31-50-46(32-40)47-33-52-48(34-51(47)56-50)54-53(57-52)39-15-5-2-6-16-39/h1-34H. The number of hydrogen-bond donors (Lipinski definition) is 0. The van der Waals surface area contributed by atoms with Crippen LogP contribution < -0.4 is 4.90 Å². The second-order valence-electron chi connectivity index (χ2n) is 14.4. The summed E-state index contributed by atoms with van der Waals surface area (Å²) in [6.07, 6.45) is 0. The van der Waals surface area contributed by atoms with E-state index in [0.717, 1.165) is 72.4 Å². The first-order chi connectivity index (χ1) is 28.2. The smallest absolute Gasteiger partial charge is 0.227 e. The molecule has 4 heteroatoms. The summed E-state index contributed by atoms with van der Waals surface area (Å²) in [5.41, 5.74) is 14.3. The zero-order valence-electron chi connectivity index (χ0n) is 30.8. The van der Waals surface area contributed by atoms with Gasteiger partial charge in [0.1, 0.15) is 16.7 Å². The predicted octanol–water partition coefficient (Wildman–Crippen LogP) is 15.0. The van der Waals surface area contributed by atoms with E-state index in [-0.39, 0.29) is 0 Å². The summed E-state index contributed by atoms with van der Waals surface area (Å²) in [7, 11) is 0. The summed E-state index contributed by atoms with van der Waals surface area (Å²) in [6, 6.07) is 72.6. The SMILES string of the molecule is c1ccc(-c2nc3cc4oc5ccc(-c6ccc(N(c7ccc(-c8cccc9ccccc89)cc7)c7ccccc7-c7ccccc7)cc6)cc5c4cc3o2)cc1. The van der Waals surface area contributed by atoms with Gasteiger partial charge in [0.15, 0.2) is 5.58 Å². The van der Waals surface area contributed by atoms with Gasteiger partial charge in [-0.3, -0.25) is 0 Å². The molecule has 0 aliphatic heterocycles. The molecule has 2 aromatic heterocycles. The van der Waals surface area contributed by atoms with Gasteiger partial charge in [0.25, 0.3) is 0 Å². The van der Waals surface area contributed by atoms with Crippen LogP contribution in [0.3, 0.4) is 0 Å². The van der Waals surface area contributed by atoms with Crippen LogP contribution in [0.4, 0.5) is 17.1 Å². The Hall–Kier alpha value is -7.69. The Kier molecular flexibility index (Phi) is 7.78. The van der Waals surface area contributed by atoms with E-state index < -0.39 is 0 Å². The Morgan fingerprint density at radius 3 is 1.74 bits per heavy atom. The van der Waals surface area contributed by atoms with E-state index >= 15 is 0 Å². The molecule has 0 saturated carbocycles. The van der Waals surface area contributed by atoms with Crippen molar-refractivity contribution in [3.63, 3.8) is 0 Å². The van der Waals surface area contributed by atoms with Crippen molar-refractivity contribution in [2.24, 2.45) is 0 Å². The van der Waals surface area contributed by atoms with Crippen LogP contribution >= 0.6 is 0 Å². The minimum Gasteiger partial charge on any atom is -0.456 e. The van der Waals surface area contributed by atoms with Crippen molar-refractivity contribution in [1.82, 2.24) is 4.98 Å². The Balaban J connectivity index is 0.985. The van der Waals surface area contributed by atoms with Gasteiger partial charge in [-0.15, -0.1) is 0 Å². The lowest BCUT2D eigenvalue weighted by Crippen LogP contribution is -2.11. The van der Waals surface area contributed by atoms with Crippen molar-refractivity contribution in [2.75, 3.05) is 4.90 Å². The lowest BCUT2D eigenvalue weighted by atomic mass is 9.97. The predicted molar refractivity (Wildman–Crippen MR) is 235 cm³/mol. The quantitative estimate of drug-likeness (QED) is 0.164. The molecule has 0 saturated heterocycles. The molecule has 0 fully saturated rings. The van der Waals surface area contributed by atoms with E-state index in [0.29, 0.717) is 5.89 Å². The summed E-state index contributed by atoms with van der Waals surface area (Å²) in [4.78, 5) is 7.11. The number of fused-ring (bicyclic) bond motifs is 5. The molecule has 4 nitrogen and oxygen atoms in total. The number of nitrogens with zero attached hydrogens (tertiary/aromatic N) is 2. The fourth-order valence-electron chi connectivity index (χ4n) is 8.11. The Labute approximate surface area is 329 Å². The molecule has 0 N–H and O–H groups in total. The molecular formula is C53H34N2O2. The van der Waals surface area contributed by atoms with Gasteiger partial charge in [0, 0.05) is 39.3 Å². The lowest BCUT2D eigenvalue weighted by Gasteiger charge is -2.28. The van der Waals surface area contributed by atoms with Crippen LogP contribution in [0, 0.1) is 0 Å². The molecule has 2 heterocycles. The average molecular weight is 731 g/mol. The molecule has 0 radical (unpaired) electrons. The first-order valence-corrected chi connectivity index (χ1v) is 19.2. The van der Waals surface area contributed by atoms with Gasteiger partial charge in [-0.25, -0.2) is 4.98 Å². The molecule has 0 aliphatic rings. The summed E-state index contributed by atoms with van der Waals surface area (Å²) in [6.45, 7) is 0. The van der Waals surface area contributed by atoms with Crippen molar-refractivity contribution in [2.45, 2.75) is 0 Å². The third-order valence-corrected chi connectivity index (χ3v) is 10.9. The highest BCUT2D eigenvalue weighted by Crippen LogP contribution is 2.43. The number of aromatic nitrogens is 1. The summed E-state index contributed by atoms with van der Waals surface area (Å²) in [5, 5.41) is 4.53. The highest BCUT2D eigenvalue weighted by atomic mass is 16.4. The monoisotopic (exact) mass is 730 g/mol. The van der Waals surface area contributed by atoms with Crippen molar-refractivity contribution in [3.8, 4) is 44.8 Å². The van der Waals surface area contributed by atoms with E-state index in [1.807, 2.05) is 36.4 Å². The largest absolute Gasteiger partial charge is 0.456 e. The van der Waals surface area contributed by atoms with Crippen molar-refractivity contribution in [1.29, 1.82) is 0 Å². The molecule has 9 aromatic carbocycles. The molecule has 11 rings (SSSR count). The molecule has 0 aliphatic carbocycles. The fourth-order valence-corrected chi connectivity index (χ4v) is 8.11. The molecule has 268 valence electrons. The van der Waals surface area contributed by atoms with Crippen LogP contribution in [0.5, 0.6) is 0 Å². The molecule has 0 atom stereocenters. The first-order valence-electron chi connectivity index (χ1n) is 19.2. The Morgan fingerprint density at radius 1 is 0.351 bits per heavy atom. The van der Waals surface area contributed by atoms with Crippen LogP contribution in [-0.4, -0.2) is 4.98 Å². The van der Waals surface area contributed by atoms with Gasteiger partial charge in [0.2, 0.25) is 5.89 Å². The lowest BCUT2D eigenvalue weighted by molar-refractivity contribution is 0.620. The molecular weight excluding hydrogens is 697 g/mol. The fraction of sp³-hybridized carbons (Fsp3) is 0. The van der Waals surface area contributed by atoms with Crippen molar-refractivity contribution < 1.29 is 8.83 Å². The van der Waals surface area contributed by atoms with Gasteiger partial charge in [-0.1, -0.05) is 140 Å². The summed E-state index contributed by atoms with van der Waals surface area (Å²) < 4.78 is 12.6. The maximum absolute atomic E-state index is 6.33. The minimum absolute atomic E-state index is 0.601. The van der Waals surface area contributed by atoms with Crippen molar-refractivity contribution >= 4 is 60.9 Å². The molecule has 0 unspecified atom stereocenters. The van der Waals surface area contributed by atoms with Gasteiger partial charge >= 0.3 is 0 Å². The second kappa shape index (κ2) is 13.6. The van der Waals surface area contributed by atoms with Crippen LogP contribution in [0.25, 0.3) is 88.6 Å². The maximum Gasteiger partial charge on any atom is 0.227 e. The third kappa shape index (κ3) is 5.83. The number of hydrogen-bond acceptors (Lipinski definition) is 4. The average Bonchev–Trinajstić information content (AvgIpc) is 3.87. The van der Waals surface area contributed by atoms with Gasteiger partial charge < -0.3 is 13.7 Å². The van der Waals surface area contributed by atoms with Crippen LogP contribution in [0.15, 0.2) is 215 Å². The highest BCUT2D eigenvalue weighted by molar-refractivity contribution is 6.10. The maximum atomic E-state index is 6.33. The first kappa shape index (κ1) is 32.7. The second-order valence-corrected chi connectivity index (χ2v) is 14.4. The minimum atomic E-state index is 0.601. The van der Waals surface area contributed by atoms with Crippen LogP contribution in [0.1, 0.15) is 0 Å². The third-order valence-electron chi connectivity index (χ3n) is 10.9. The molecule has 0 bridgehead atoms. The molecule has 0 amide bonds. The van der Waals surface area contributed by atoms with E-state index in [2.05, 4.69) is 175 Å². The number of benzene rings is 9.